The minimum atomic E-state index is -0.305. The van der Waals surface area contributed by atoms with Gasteiger partial charge in [-0.25, -0.2) is 4.68 Å². The van der Waals surface area contributed by atoms with Gasteiger partial charge in [0.2, 0.25) is 5.91 Å². The lowest BCUT2D eigenvalue weighted by atomic mass is 9.96. The summed E-state index contributed by atoms with van der Waals surface area (Å²) in [5.74, 6) is -0.681. The third-order valence-electron chi connectivity index (χ3n) is 5.75. The van der Waals surface area contributed by atoms with E-state index in [4.69, 9.17) is 5.73 Å². The van der Waals surface area contributed by atoms with Crippen molar-refractivity contribution in [3.8, 4) is 16.9 Å². The van der Waals surface area contributed by atoms with Crippen molar-refractivity contribution >= 4 is 11.8 Å². The van der Waals surface area contributed by atoms with E-state index in [9.17, 15) is 9.59 Å². The molecule has 1 fully saturated rings. The van der Waals surface area contributed by atoms with Gasteiger partial charge in [0, 0.05) is 37.0 Å². The number of rotatable bonds is 4. The molecule has 0 spiro atoms. The van der Waals surface area contributed by atoms with Gasteiger partial charge in [0.05, 0.1) is 5.69 Å². The molecule has 0 radical (unpaired) electrons. The van der Waals surface area contributed by atoms with Crippen LogP contribution in [0.4, 0.5) is 0 Å². The fourth-order valence-corrected chi connectivity index (χ4v) is 3.75. The van der Waals surface area contributed by atoms with E-state index in [0.717, 1.165) is 16.8 Å². The maximum absolute atomic E-state index is 13.3. The minimum absolute atomic E-state index is 0.181. The first-order chi connectivity index (χ1) is 14.5. The van der Waals surface area contributed by atoms with Gasteiger partial charge < -0.3 is 10.6 Å². The average molecular weight is 404 g/mol. The van der Waals surface area contributed by atoms with Crippen molar-refractivity contribution in [1.82, 2.24) is 24.9 Å². The van der Waals surface area contributed by atoms with E-state index >= 15 is 0 Å². The van der Waals surface area contributed by atoms with Crippen LogP contribution in [0.2, 0.25) is 0 Å². The highest BCUT2D eigenvalue weighted by Gasteiger charge is 2.30. The smallest absolute Gasteiger partial charge is 0.276 e. The molecule has 1 saturated heterocycles. The number of nitrogens with two attached hydrogens (primary N) is 1. The number of carbonyl (C=O) groups excluding carboxylic acids is 2. The van der Waals surface area contributed by atoms with Crippen LogP contribution >= 0.6 is 0 Å². The highest BCUT2D eigenvalue weighted by Crippen LogP contribution is 2.28. The predicted octanol–water partition coefficient (Wildman–Crippen LogP) is 2.28. The molecule has 2 amide bonds. The Balaban J connectivity index is 1.74. The zero-order valence-electron chi connectivity index (χ0n) is 17.1. The van der Waals surface area contributed by atoms with Crippen molar-refractivity contribution in [3.63, 3.8) is 0 Å². The van der Waals surface area contributed by atoms with Gasteiger partial charge in [0.1, 0.15) is 5.69 Å². The van der Waals surface area contributed by atoms with Crippen molar-refractivity contribution in [1.29, 1.82) is 0 Å². The molecule has 154 valence electrons. The second kappa shape index (κ2) is 8.06. The Morgan fingerprint density at radius 3 is 2.37 bits per heavy atom. The van der Waals surface area contributed by atoms with Crippen molar-refractivity contribution in [2.75, 3.05) is 13.1 Å². The first kappa shape index (κ1) is 19.8. The van der Waals surface area contributed by atoms with E-state index in [-0.39, 0.29) is 23.4 Å². The molecular formula is C22H24N6O2. The first-order valence-corrected chi connectivity index (χ1v) is 9.98. The van der Waals surface area contributed by atoms with Crippen LogP contribution in [0.3, 0.4) is 0 Å². The van der Waals surface area contributed by atoms with Crippen LogP contribution in [-0.4, -0.2) is 49.8 Å². The van der Waals surface area contributed by atoms with Crippen molar-refractivity contribution in [3.05, 3.63) is 59.5 Å². The van der Waals surface area contributed by atoms with Crippen molar-refractivity contribution in [2.24, 2.45) is 11.7 Å². The molecule has 8 heteroatoms. The van der Waals surface area contributed by atoms with Crippen LogP contribution in [0.5, 0.6) is 0 Å². The quantitative estimate of drug-likeness (QED) is 0.718. The fraction of sp³-hybridized carbons (Fsp3) is 0.318. The Kier molecular flexibility index (Phi) is 5.31. The number of piperidine rings is 1. The van der Waals surface area contributed by atoms with Crippen LogP contribution in [0, 0.1) is 19.8 Å². The molecule has 0 bridgehead atoms. The Hall–Kier alpha value is -3.55. The summed E-state index contributed by atoms with van der Waals surface area (Å²) in [4.78, 5) is 30.6. The molecule has 2 N–H and O–H groups in total. The lowest BCUT2D eigenvalue weighted by molar-refractivity contribution is -0.123. The van der Waals surface area contributed by atoms with Crippen molar-refractivity contribution < 1.29 is 9.59 Å². The molecule has 30 heavy (non-hydrogen) atoms. The van der Waals surface area contributed by atoms with Gasteiger partial charge in [-0.3, -0.25) is 14.6 Å². The number of carbonyl (C=O) groups is 2. The third-order valence-corrected chi connectivity index (χ3v) is 5.75. The SMILES string of the molecule is Cc1ccc(-n2nnc(C(=O)N3CCC(C(N)=O)CC3)c2-c2ccncc2)cc1C. The van der Waals surface area contributed by atoms with E-state index in [0.29, 0.717) is 31.6 Å². The van der Waals surface area contributed by atoms with Gasteiger partial charge in [-0.15, -0.1) is 5.10 Å². The predicted molar refractivity (Wildman–Crippen MR) is 112 cm³/mol. The summed E-state index contributed by atoms with van der Waals surface area (Å²) in [6, 6.07) is 9.70. The number of aromatic nitrogens is 4. The molecule has 2 aromatic heterocycles. The number of hydrogen-bond donors (Lipinski definition) is 1. The summed E-state index contributed by atoms with van der Waals surface area (Å²) < 4.78 is 1.70. The molecule has 0 atom stereocenters. The number of aryl methyl sites for hydroxylation is 2. The van der Waals surface area contributed by atoms with Gasteiger partial charge in [-0.1, -0.05) is 11.3 Å². The fourth-order valence-electron chi connectivity index (χ4n) is 3.75. The van der Waals surface area contributed by atoms with E-state index < -0.39 is 0 Å². The summed E-state index contributed by atoms with van der Waals surface area (Å²) in [5.41, 5.74) is 10.3. The van der Waals surface area contributed by atoms with Crippen molar-refractivity contribution in [2.45, 2.75) is 26.7 Å². The molecule has 4 rings (SSSR count). The Morgan fingerprint density at radius 2 is 1.73 bits per heavy atom. The Labute approximate surface area is 174 Å². The summed E-state index contributed by atoms with van der Waals surface area (Å²) in [7, 11) is 0. The highest BCUT2D eigenvalue weighted by atomic mass is 16.2. The van der Waals surface area contributed by atoms with Gasteiger partial charge >= 0.3 is 0 Å². The van der Waals surface area contributed by atoms with Crippen LogP contribution in [0.1, 0.15) is 34.5 Å². The lowest BCUT2D eigenvalue weighted by Gasteiger charge is -2.30. The zero-order valence-corrected chi connectivity index (χ0v) is 17.1. The average Bonchev–Trinajstić information content (AvgIpc) is 3.21. The molecule has 1 aromatic carbocycles. The second-order valence-corrected chi connectivity index (χ2v) is 7.67. The van der Waals surface area contributed by atoms with E-state index in [1.54, 1.807) is 22.0 Å². The first-order valence-electron chi connectivity index (χ1n) is 9.98. The number of hydrogen-bond acceptors (Lipinski definition) is 5. The molecule has 0 saturated carbocycles. The molecule has 8 nitrogen and oxygen atoms in total. The number of benzene rings is 1. The summed E-state index contributed by atoms with van der Waals surface area (Å²) in [5, 5.41) is 8.58. The number of nitrogens with zero attached hydrogens (tertiary/aromatic N) is 5. The number of amides is 2. The molecule has 0 aliphatic carbocycles. The molecule has 3 heterocycles. The maximum Gasteiger partial charge on any atom is 0.276 e. The van der Waals surface area contributed by atoms with Crippen LogP contribution < -0.4 is 5.73 Å². The van der Waals surface area contributed by atoms with E-state index in [2.05, 4.69) is 22.2 Å². The summed E-state index contributed by atoms with van der Waals surface area (Å²) in [6.45, 7) is 5.03. The standard InChI is InChI=1S/C22H24N6O2/c1-14-3-4-18(13-15(14)2)28-20(16-5-9-24-10-6-16)19(25-26-28)22(30)27-11-7-17(8-12-27)21(23)29/h3-6,9-10,13,17H,7-8,11-12H2,1-2H3,(H2,23,29). The minimum Gasteiger partial charge on any atom is -0.369 e. The Morgan fingerprint density at radius 1 is 1.03 bits per heavy atom. The maximum atomic E-state index is 13.3. The van der Waals surface area contributed by atoms with Gasteiger partial charge in [-0.05, 0) is 62.1 Å². The monoisotopic (exact) mass is 404 g/mol. The summed E-state index contributed by atoms with van der Waals surface area (Å²) in [6.07, 6.45) is 4.49. The topological polar surface area (TPSA) is 107 Å². The molecule has 0 unspecified atom stereocenters. The number of likely N-dealkylation sites (tertiary alicyclic amines) is 1. The van der Waals surface area contributed by atoms with Gasteiger partial charge in [0.15, 0.2) is 5.69 Å². The third kappa shape index (κ3) is 3.68. The number of primary amides is 1. The normalized spacial score (nSPS) is 14.7. The highest BCUT2D eigenvalue weighted by molar-refractivity contribution is 5.98. The van der Waals surface area contributed by atoms with E-state index in [1.807, 2.05) is 37.3 Å². The molecule has 1 aliphatic rings. The van der Waals surface area contributed by atoms with Crippen LogP contribution in [0.15, 0.2) is 42.7 Å². The number of pyridine rings is 1. The lowest BCUT2D eigenvalue weighted by Crippen LogP contribution is -2.42. The molecule has 3 aromatic rings. The van der Waals surface area contributed by atoms with Crippen LogP contribution in [-0.2, 0) is 4.79 Å². The summed E-state index contributed by atoms with van der Waals surface area (Å²) >= 11 is 0. The largest absolute Gasteiger partial charge is 0.369 e. The second-order valence-electron chi connectivity index (χ2n) is 7.67. The molecular weight excluding hydrogens is 380 g/mol. The molecule has 1 aliphatic heterocycles. The Bertz CT molecular complexity index is 1080. The van der Waals surface area contributed by atoms with Gasteiger partial charge in [-0.2, -0.15) is 0 Å². The zero-order chi connectivity index (χ0) is 21.3. The van der Waals surface area contributed by atoms with E-state index in [1.165, 1.54) is 5.56 Å². The van der Waals surface area contributed by atoms with Gasteiger partial charge in [0.25, 0.3) is 5.91 Å². The van der Waals surface area contributed by atoms with Crippen LogP contribution in [0.25, 0.3) is 16.9 Å².